The molecule has 0 bridgehead atoms. The topological polar surface area (TPSA) is 15.3 Å². The number of hydrogen-bond acceptors (Lipinski definition) is 2. The van der Waals surface area contributed by atoms with E-state index in [0.29, 0.717) is 12.8 Å². The van der Waals surface area contributed by atoms with Crippen LogP contribution in [0.2, 0.25) is 0 Å². The molecular weight excluding hydrogens is 241 g/mol. The number of likely N-dealkylation sites (N-methyl/N-ethyl adjacent to an activating group) is 1. The van der Waals surface area contributed by atoms with Crippen LogP contribution in [0.5, 0.6) is 0 Å². The highest BCUT2D eigenvalue weighted by molar-refractivity contribution is 4.81. The van der Waals surface area contributed by atoms with Crippen LogP contribution in [0.3, 0.4) is 0 Å². The Labute approximate surface area is 108 Å². The standard InChI is InChI=1S/C13H25F3N2/c1-3-18(4-2)9-8-17-12-7-5-6-11(10-12)13(14,15)16/h11-12,17H,3-10H2,1-2H3. The van der Waals surface area contributed by atoms with Gasteiger partial charge in [-0.15, -0.1) is 0 Å². The molecule has 0 aromatic heterocycles. The molecule has 108 valence electrons. The summed E-state index contributed by atoms with van der Waals surface area (Å²) in [5.41, 5.74) is 0. The summed E-state index contributed by atoms with van der Waals surface area (Å²) in [6.45, 7) is 7.90. The molecule has 18 heavy (non-hydrogen) atoms. The summed E-state index contributed by atoms with van der Waals surface area (Å²) in [5, 5.41) is 3.28. The van der Waals surface area contributed by atoms with E-state index in [1.54, 1.807) is 0 Å². The number of alkyl halides is 3. The van der Waals surface area contributed by atoms with E-state index in [4.69, 9.17) is 0 Å². The van der Waals surface area contributed by atoms with Crippen molar-refractivity contribution in [2.75, 3.05) is 26.2 Å². The lowest BCUT2D eigenvalue weighted by Gasteiger charge is -2.31. The molecule has 1 fully saturated rings. The minimum atomic E-state index is -4.01. The fraction of sp³-hybridized carbons (Fsp3) is 1.00. The summed E-state index contributed by atoms with van der Waals surface area (Å²) in [6.07, 6.45) is -1.89. The SMILES string of the molecule is CCN(CC)CCNC1CCCC(C(F)(F)F)C1. The third-order valence-electron chi connectivity index (χ3n) is 3.89. The van der Waals surface area contributed by atoms with E-state index in [1.165, 1.54) is 0 Å². The Hall–Kier alpha value is -0.290. The minimum Gasteiger partial charge on any atom is -0.313 e. The lowest BCUT2D eigenvalue weighted by molar-refractivity contribution is -0.183. The quantitative estimate of drug-likeness (QED) is 0.795. The maximum absolute atomic E-state index is 12.6. The Morgan fingerprint density at radius 2 is 1.83 bits per heavy atom. The lowest BCUT2D eigenvalue weighted by Crippen LogP contribution is -2.42. The molecule has 0 aromatic carbocycles. The minimum absolute atomic E-state index is 0.0425. The van der Waals surface area contributed by atoms with E-state index in [2.05, 4.69) is 24.1 Å². The van der Waals surface area contributed by atoms with E-state index in [0.717, 1.165) is 32.6 Å². The molecule has 0 spiro atoms. The van der Waals surface area contributed by atoms with Gasteiger partial charge in [-0.3, -0.25) is 0 Å². The van der Waals surface area contributed by atoms with Gasteiger partial charge in [0, 0.05) is 19.1 Å². The highest BCUT2D eigenvalue weighted by Crippen LogP contribution is 2.37. The van der Waals surface area contributed by atoms with Crippen molar-refractivity contribution in [2.45, 2.75) is 51.7 Å². The van der Waals surface area contributed by atoms with Gasteiger partial charge in [-0.1, -0.05) is 20.3 Å². The Morgan fingerprint density at radius 1 is 1.17 bits per heavy atom. The van der Waals surface area contributed by atoms with Gasteiger partial charge < -0.3 is 10.2 Å². The maximum Gasteiger partial charge on any atom is 0.391 e. The number of nitrogens with one attached hydrogen (secondary N) is 1. The van der Waals surface area contributed by atoms with Gasteiger partial charge in [-0.25, -0.2) is 0 Å². The summed E-state index contributed by atoms with van der Waals surface area (Å²) in [5.74, 6) is -1.10. The van der Waals surface area contributed by atoms with Crippen molar-refractivity contribution in [3.05, 3.63) is 0 Å². The zero-order valence-corrected chi connectivity index (χ0v) is 11.4. The van der Waals surface area contributed by atoms with Crippen LogP contribution in [-0.4, -0.2) is 43.3 Å². The first-order valence-electron chi connectivity index (χ1n) is 6.99. The molecule has 0 aliphatic heterocycles. The zero-order valence-electron chi connectivity index (χ0n) is 11.4. The summed E-state index contributed by atoms with van der Waals surface area (Å²) in [6, 6.07) is 0.0425. The van der Waals surface area contributed by atoms with Crippen molar-refractivity contribution in [2.24, 2.45) is 5.92 Å². The van der Waals surface area contributed by atoms with Crippen LogP contribution < -0.4 is 5.32 Å². The van der Waals surface area contributed by atoms with Gasteiger partial charge in [0.2, 0.25) is 0 Å². The van der Waals surface area contributed by atoms with Crippen molar-refractivity contribution in [1.82, 2.24) is 10.2 Å². The molecular formula is C13H25F3N2. The Bertz CT molecular complexity index is 227. The van der Waals surface area contributed by atoms with Gasteiger partial charge in [0.1, 0.15) is 0 Å². The first-order valence-corrected chi connectivity index (χ1v) is 6.99. The van der Waals surface area contributed by atoms with Crippen molar-refractivity contribution in [3.8, 4) is 0 Å². The average molecular weight is 266 g/mol. The van der Waals surface area contributed by atoms with E-state index >= 15 is 0 Å². The van der Waals surface area contributed by atoms with Gasteiger partial charge in [0.15, 0.2) is 0 Å². The van der Waals surface area contributed by atoms with Gasteiger partial charge in [-0.2, -0.15) is 13.2 Å². The maximum atomic E-state index is 12.6. The lowest BCUT2D eigenvalue weighted by atomic mass is 9.85. The zero-order chi connectivity index (χ0) is 13.6. The molecule has 0 saturated heterocycles. The molecule has 1 rings (SSSR count). The van der Waals surface area contributed by atoms with Crippen LogP contribution in [0, 0.1) is 5.92 Å². The summed E-state index contributed by atoms with van der Waals surface area (Å²) in [4.78, 5) is 2.27. The largest absolute Gasteiger partial charge is 0.391 e. The van der Waals surface area contributed by atoms with Crippen molar-refractivity contribution in [1.29, 1.82) is 0 Å². The Kier molecular flexibility index (Phi) is 6.43. The second-order valence-corrected chi connectivity index (χ2v) is 5.08. The van der Waals surface area contributed by atoms with Crippen LogP contribution in [0.25, 0.3) is 0 Å². The molecule has 2 unspecified atom stereocenters. The molecule has 0 heterocycles. The molecule has 2 nitrogen and oxygen atoms in total. The van der Waals surface area contributed by atoms with Crippen molar-refractivity contribution >= 4 is 0 Å². The predicted octanol–water partition coefficient (Wildman–Crippen LogP) is 3.04. The molecule has 2 atom stereocenters. The smallest absolute Gasteiger partial charge is 0.313 e. The van der Waals surface area contributed by atoms with Gasteiger partial charge in [0.05, 0.1) is 5.92 Å². The molecule has 0 aromatic rings. The summed E-state index contributed by atoms with van der Waals surface area (Å²) in [7, 11) is 0. The van der Waals surface area contributed by atoms with Crippen LogP contribution in [0.15, 0.2) is 0 Å². The van der Waals surface area contributed by atoms with E-state index in [1.807, 2.05) is 0 Å². The van der Waals surface area contributed by atoms with Crippen LogP contribution >= 0.6 is 0 Å². The highest BCUT2D eigenvalue weighted by atomic mass is 19.4. The fourth-order valence-electron chi connectivity index (χ4n) is 2.64. The van der Waals surface area contributed by atoms with Crippen LogP contribution in [-0.2, 0) is 0 Å². The first kappa shape index (κ1) is 15.8. The number of nitrogens with zero attached hydrogens (tertiary/aromatic N) is 1. The van der Waals surface area contributed by atoms with Gasteiger partial charge >= 0.3 is 6.18 Å². The number of halogens is 3. The van der Waals surface area contributed by atoms with Gasteiger partial charge in [-0.05, 0) is 32.4 Å². The number of hydrogen-bond donors (Lipinski definition) is 1. The third kappa shape index (κ3) is 5.14. The number of rotatable bonds is 6. The first-order chi connectivity index (χ1) is 8.47. The second kappa shape index (κ2) is 7.34. The average Bonchev–Trinajstić information content (AvgIpc) is 2.34. The summed E-state index contributed by atoms with van der Waals surface area (Å²) >= 11 is 0. The fourth-order valence-corrected chi connectivity index (χ4v) is 2.64. The predicted molar refractivity (Wildman–Crippen MR) is 67.6 cm³/mol. The summed E-state index contributed by atoms with van der Waals surface area (Å²) < 4.78 is 37.9. The Morgan fingerprint density at radius 3 is 2.39 bits per heavy atom. The Balaban J connectivity index is 2.26. The molecule has 0 amide bonds. The second-order valence-electron chi connectivity index (χ2n) is 5.08. The van der Waals surface area contributed by atoms with E-state index in [-0.39, 0.29) is 12.5 Å². The van der Waals surface area contributed by atoms with Crippen LogP contribution in [0.4, 0.5) is 13.2 Å². The molecule has 0 radical (unpaired) electrons. The molecule has 1 aliphatic rings. The van der Waals surface area contributed by atoms with Crippen LogP contribution in [0.1, 0.15) is 39.5 Å². The normalized spacial score (nSPS) is 25.7. The molecule has 1 saturated carbocycles. The highest BCUT2D eigenvalue weighted by Gasteiger charge is 2.41. The van der Waals surface area contributed by atoms with Crippen molar-refractivity contribution < 1.29 is 13.2 Å². The molecule has 5 heteroatoms. The van der Waals surface area contributed by atoms with E-state index < -0.39 is 12.1 Å². The third-order valence-corrected chi connectivity index (χ3v) is 3.89. The monoisotopic (exact) mass is 266 g/mol. The van der Waals surface area contributed by atoms with Gasteiger partial charge in [0.25, 0.3) is 0 Å². The molecule has 1 N–H and O–H groups in total. The van der Waals surface area contributed by atoms with Crippen molar-refractivity contribution in [3.63, 3.8) is 0 Å². The molecule has 1 aliphatic carbocycles. The van der Waals surface area contributed by atoms with E-state index in [9.17, 15) is 13.2 Å².